The molecule has 0 atom stereocenters. The van der Waals surface area contributed by atoms with Crippen LogP contribution in [0.3, 0.4) is 0 Å². The lowest BCUT2D eigenvalue weighted by Gasteiger charge is -2.11. The van der Waals surface area contributed by atoms with E-state index in [0.717, 1.165) is 4.90 Å². The molecule has 0 bridgehead atoms. The van der Waals surface area contributed by atoms with E-state index in [1.807, 2.05) is 18.2 Å². The quantitative estimate of drug-likeness (QED) is 0.846. The molecule has 2 aromatic carbocycles. The van der Waals surface area contributed by atoms with E-state index in [0.29, 0.717) is 20.6 Å². The van der Waals surface area contributed by atoms with Crippen LogP contribution in [0.25, 0.3) is 0 Å². The summed E-state index contributed by atoms with van der Waals surface area (Å²) in [5.74, 6) is -0.580. The molecule has 0 saturated carbocycles. The first-order chi connectivity index (χ1) is 8.99. The van der Waals surface area contributed by atoms with Gasteiger partial charge in [-0.15, -0.1) is 0 Å². The number of primary amides is 1. The summed E-state index contributed by atoms with van der Waals surface area (Å²) in [4.78, 5) is 12.8. The van der Waals surface area contributed by atoms with Crippen molar-refractivity contribution in [3.05, 3.63) is 52.0 Å². The van der Waals surface area contributed by atoms with Crippen LogP contribution in [0, 0.1) is 0 Å². The Kier molecular flexibility index (Phi) is 4.24. The van der Waals surface area contributed by atoms with Gasteiger partial charge in [0.2, 0.25) is 5.91 Å². The Labute approximate surface area is 124 Å². The molecule has 6 heteroatoms. The van der Waals surface area contributed by atoms with Crippen LogP contribution in [0.4, 0.5) is 5.69 Å². The molecule has 0 heterocycles. The van der Waals surface area contributed by atoms with E-state index in [9.17, 15) is 4.79 Å². The molecule has 0 unspecified atom stereocenters. The van der Waals surface area contributed by atoms with Crippen LogP contribution in [0.5, 0.6) is 0 Å². The average molecular weight is 313 g/mol. The van der Waals surface area contributed by atoms with Crippen LogP contribution in [0.15, 0.2) is 46.2 Å². The zero-order valence-corrected chi connectivity index (χ0v) is 12.0. The Hall–Kier alpha value is -1.36. The Bertz CT molecular complexity index is 647. The van der Waals surface area contributed by atoms with Crippen molar-refractivity contribution in [1.29, 1.82) is 0 Å². The number of benzene rings is 2. The summed E-state index contributed by atoms with van der Waals surface area (Å²) in [6, 6.07) is 10.4. The lowest BCUT2D eigenvalue weighted by Crippen LogP contribution is -2.13. The van der Waals surface area contributed by atoms with E-state index in [4.69, 9.17) is 34.7 Å². The minimum Gasteiger partial charge on any atom is -0.399 e. The smallest absolute Gasteiger partial charge is 0.249 e. The summed E-state index contributed by atoms with van der Waals surface area (Å²) in [5.41, 5.74) is 11.7. The van der Waals surface area contributed by atoms with Gasteiger partial charge in [-0.1, -0.05) is 47.1 Å². The van der Waals surface area contributed by atoms with Crippen LogP contribution in [0.2, 0.25) is 10.0 Å². The van der Waals surface area contributed by atoms with Crippen molar-refractivity contribution in [2.75, 3.05) is 5.73 Å². The fourth-order valence-electron chi connectivity index (χ4n) is 1.54. The van der Waals surface area contributed by atoms with Gasteiger partial charge in [0, 0.05) is 15.5 Å². The third-order valence-corrected chi connectivity index (χ3v) is 4.45. The van der Waals surface area contributed by atoms with Gasteiger partial charge in [-0.05, 0) is 24.3 Å². The second-order valence-corrected chi connectivity index (χ2v) is 5.64. The molecule has 0 aliphatic rings. The zero-order chi connectivity index (χ0) is 14.0. The van der Waals surface area contributed by atoms with Crippen molar-refractivity contribution in [1.82, 2.24) is 0 Å². The molecule has 3 nitrogen and oxygen atoms in total. The summed E-state index contributed by atoms with van der Waals surface area (Å²) in [6.45, 7) is 0. The second kappa shape index (κ2) is 5.74. The van der Waals surface area contributed by atoms with E-state index < -0.39 is 5.91 Å². The number of carbonyl (C=O) groups excluding carboxylic acids is 1. The highest BCUT2D eigenvalue weighted by atomic mass is 35.5. The monoisotopic (exact) mass is 312 g/mol. The summed E-state index contributed by atoms with van der Waals surface area (Å²) < 4.78 is 0. The van der Waals surface area contributed by atoms with Gasteiger partial charge in [-0.3, -0.25) is 4.79 Å². The molecule has 0 aliphatic heterocycles. The van der Waals surface area contributed by atoms with Crippen molar-refractivity contribution in [3.8, 4) is 0 Å². The lowest BCUT2D eigenvalue weighted by atomic mass is 10.2. The number of hydrogen-bond donors (Lipinski definition) is 2. The van der Waals surface area contributed by atoms with Crippen molar-refractivity contribution in [2.24, 2.45) is 5.73 Å². The van der Waals surface area contributed by atoms with Crippen molar-refractivity contribution >= 4 is 46.6 Å². The summed E-state index contributed by atoms with van der Waals surface area (Å²) >= 11 is 13.5. The zero-order valence-electron chi connectivity index (χ0n) is 9.69. The first kappa shape index (κ1) is 14.1. The van der Waals surface area contributed by atoms with Gasteiger partial charge in [-0.2, -0.15) is 0 Å². The van der Waals surface area contributed by atoms with E-state index in [2.05, 4.69) is 0 Å². The maximum Gasteiger partial charge on any atom is 0.249 e. The molecule has 0 aliphatic carbocycles. The second-order valence-electron chi connectivity index (χ2n) is 3.78. The summed E-state index contributed by atoms with van der Waals surface area (Å²) in [7, 11) is 0. The average Bonchev–Trinajstić information content (AvgIpc) is 2.34. The van der Waals surface area contributed by atoms with E-state index in [-0.39, 0.29) is 5.56 Å². The molecule has 98 valence electrons. The number of nitrogens with two attached hydrogens (primary N) is 2. The Morgan fingerprint density at radius 1 is 1.11 bits per heavy atom. The van der Waals surface area contributed by atoms with Gasteiger partial charge in [-0.25, -0.2) is 0 Å². The van der Waals surface area contributed by atoms with Crippen LogP contribution in [-0.2, 0) is 0 Å². The predicted octanol–water partition coefficient (Wildman–Crippen LogP) is 3.83. The van der Waals surface area contributed by atoms with Gasteiger partial charge in [0.25, 0.3) is 0 Å². The molecule has 0 fully saturated rings. The number of carbonyl (C=O) groups is 1. The molecule has 2 aromatic rings. The number of rotatable bonds is 3. The highest BCUT2D eigenvalue weighted by Crippen LogP contribution is 2.40. The largest absolute Gasteiger partial charge is 0.399 e. The third-order valence-electron chi connectivity index (χ3n) is 2.38. The molecule has 2 rings (SSSR count). The number of amides is 1. The number of hydrogen-bond acceptors (Lipinski definition) is 3. The lowest BCUT2D eigenvalue weighted by molar-refractivity contribution is 0.0997. The van der Waals surface area contributed by atoms with Gasteiger partial charge in [0.1, 0.15) is 0 Å². The van der Waals surface area contributed by atoms with Gasteiger partial charge < -0.3 is 11.5 Å². The molecule has 0 saturated heterocycles. The Morgan fingerprint density at radius 2 is 1.79 bits per heavy atom. The minimum atomic E-state index is -0.580. The number of anilines is 1. The Morgan fingerprint density at radius 3 is 2.42 bits per heavy atom. The minimum absolute atomic E-state index is 0.287. The first-order valence-corrected chi connectivity index (χ1v) is 6.87. The van der Waals surface area contributed by atoms with Crippen LogP contribution < -0.4 is 11.5 Å². The first-order valence-electron chi connectivity index (χ1n) is 5.30. The maximum absolute atomic E-state index is 11.5. The summed E-state index contributed by atoms with van der Waals surface area (Å²) in [5, 5.41) is 0.953. The van der Waals surface area contributed by atoms with Crippen LogP contribution >= 0.6 is 35.0 Å². The molecule has 0 spiro atoms. The molecular weight excluding hydrogens is 303 g/mol. The van der Waals surface area contributed by atoms with Crippen LogP contribution in [-0.4, -0.2) is 5.91 Å². The van der Waals surface area contributed by atoms with Crippen molar-refractivity contribution < 1.29 is 4.79 Å². The van der Waals surface area contributed by atoms with Gasteiger partial charge in [0.05, 0.1) is 15.6 Å². The van der Waals surface area contributed by atoms with Crippen molar-refractivity contribution in [3.63, 3.8) is 0 Å². The highest BCUT2D eigenvalue weighted by Gasteiger charge is 2.15. The van der Waals surface area contributed by atoms with E-state index >= 15 is 0 Å². The standard InChI is InChI=1S/C13H10Cl2N2OS/c14-9-3-1-2-4-11(9)19-12-8(13(17)18)5-7(16)6-10(12)15/h1-6H,16H2,(H2,17,18). The Balaban J connectivity index is 2.51. The summed E-state index contributed by atoms with van der Waals surface area (Å²) in [6.07, 6.45) is 0. The predicted molar refractivity (Wildman–Crippen MR) is 80.0 cm³/mol. The molecule has 0 aromatic heterocycles. The van der Waals surface area contributed by atoms with E-state index in [1.54, 1.807) is 12.1 Å². The topological polar surface area (TPSA) is 69.1 Å². The van der Waals surface area contributed by atoms with E-state index in [1.165, 1.54) is 17.8 Å². The van der Waals surface area contributed by atoms with Gasteiger partial charge >= 0.3 is 0 Å². The van der Waals surface area contributed by atoms with Crippen LogP contribution in [0.1, 0.15) is 10.4 Å². The van der Waals surface area contributed by atoms with Crippen molar-refractivity contribution in [2.45, 2.75) is 9.79 Å². The SMILES string of the molecule is NC(=O)c1cc(N)cc(Cl)c1Sc1ccccc1Cl. The normalized spacial score (nSPS) is 10.4. The molecule has 0 radical (unpaired) electrons. The van der Waals surface area contributed by atoms with Gasteiger partial charge in [0.15, 0.2) is 0 Å². The fourth-order valence-corrected chi connectivity index (χ4v) is 3.09. The third kappa shape index (κ3) is 3.15. The molecule has 19 heavy (non-hydrogen) atoms. The number of halogens is 2. The molecule has 4 N–H and O–H groups in total. The fraction of sp³-hybridized carbons (Fsp3) is 0. The maximum atomic E-state index is 11.5. The molecule has 1 amide bonds. The number of nitrogen functional groups attached to an aromatic ring is 1. The molecular formula is C13H10Cl2N2OS. The highest BCUT2D eigenvalue weighted by molar-refractivity contribution is 7.99.